The van der Waals surface area contributed by atoms with Crippen molar-refractivity contribution in [1.82, 2.24) is 14.7 Å². The van der Waals surface area contributed by atoms with Crippen molar-refractivity contribution in [3.63, 3.8) is 0 Å². The van der Waals surface area contributed by atoms with Gasteiger partial charge in [0.25, 0.3) is 5.91 Å². The fourth-order valence-corrected chi connectivity index (χ4v) is 2.00. The monoisotopic (exact) mass is 278 g/mol. The van der Waals surface area contributed by atoms with Gasteiger partial charge in [0.15, 0.2) is 5.69 Å². The Labute approximate surface area is 116 Å². The first kappa shape index (κ1) is 13.4. The summed E-state index contributed by atoms with van der Waals surface area (Å²) in [4.78, 5) is 13.8. The Kier molecular flexibility index (Phi) is 3.76. The van der Waals surface area contributed by atoms with Crippen LogP contribution < -0.4 is 5.73 Å². The maximum atomic E-state index is 12.2. The number of nitrogen functional groups attached to an aromatic ring is 1. The van der Waals surface area contributed by atoms with Gasteiger partial charge in [-0.25, -0.2) is 0 Å². The number of hydrogen-bond donors (Lipinski definition) is 1. The van der Waals surface area contributed by atoms with Crippen LogP contribution in [0.25, 0.3) is 0 Å². The lowest BCUT2D eigenvalue weighted by Gasteiger charge is -2.17. The number of hydrogen-bond acceptors (Lipinski definition) is 3. The topological polar surface area (TPSA) is 64.2 Å². The maximum absolute atomic E-state index is 12.2. The molecule has 0 aliphatic rings. The molecule has 0 spiro atoms. The summed E-state index contributed by atoms with van der Waals surface area (Å²) < 4.78 is 1.52. The maximum Gasteiger partial charge on any atom is 0.276 e. The lowest BCUT2D eigenvalue weighted by atomic mass is 10.2. The van der Waals surface area contributed by atoms with E-state index in [4.69, 9.17) is 17.3 Å². The summed E-state index contributed by atoms with van der Waals surface area (Å²) in [6.07, 6.45) is 1.61. The van der Waals surface area contributed by atoms with E-state index in [-0.39, 0.29) is 11.6 Å². The summed E-state index contributed by atoms with van der Waals surface area (Å²) in [7, 11) is 3.42. The number of aromatic nitrogens is 2. The second kappa shape index (κ2) is 5.32. The zero-order chi connectivity index (χ0) is 14.0. The van der Waals surface area contributed by atoms with Crippen LogP contribution in [0.4, 0.5) is 5.69 Å². The Hall–Kier alpha value is -2.01. The minimum atomic E-state index is -0.224. The molecule has 6 heteroatoms. The Morgan fingerprint density at radius 1 is 1.47 bits per heavy atom. The smallest absolute Gasteiger partial charge is 0.276 e. The second-order valence-electron chi connectivity index (χ2n) is 4.36. The van der Waals surface area contributed by atoms with E-state index in [9.17, 15) is 4.79 Å². The molecule has 1 amide bonds. The van der Waals surface area contributed by atoms with Crippen molar-refractivity contribution >= 4 is 23.2 Å². The molecule has 2 N–H and O–H groups in total. The molecule has 0 saturated heterocycles. The van der Waals surface area contributed by atoms with Gasteiger partial charge in [0.1, 0.15) is 0 Å². The molecule has 0 radical (unpaired) electrons. The summed E-state index contributed by atoms with van der Waals surface area (Å²) in [5.74, 6) is -0.224. The molecule has 2 rings (SSSR count). The number of amides is 1. The van der Waals surface area contributed by atoms with Gasteiger partial charge in [-0.1, -0.05) is 29.8 Å². The van der Waals surface area contributed by atoms with E-state index in [0.29, 0.717) is 17.3 Å². The van der Waals surface area contributed by atoms with Crippen molar-refractivity contribution in [3.8, 4) is 0 Å². The van der Waals surface area contributed by atoms with Crippen molar-refractivity contribution in [2.24, 2.45) is 7.05 Å². The molecule has 1 aromatic carbocycles. The van der Waals surface area contributed by atoms with Gasteiger partial charge in [-0.3, -0.25) is 9.48 Å². The van der Waals surface area contributed by atoms with Crippen LogP contribution in [-0.2, 0) is 13.6 Å². The van der Waals surface area contributed by atoms with E-state index < -0.39 is 0 Å². The molecule has 0 unspecified atom stereocenters. The first-order valence-electron chi connectivity index (χ1n) is 5.77. The molecule has 0 bridgehead atoms. The Bertz CT molecular complexity index is 608. The normalized spacial score (nSPS) is 10.5. The number of halogens is 1. The van der Waals surface area contributed by atoms with Gasteiger partial charge in [0, 0.05) is 31.9 Å². The van der Waals surface area contributed by atoms with Crippen LogP contribution in [0, 0.1) is 0 Å². The van der Waals surface area contributed by atoms with Crippen molar-refractivity contribution in [2.45, 2.75) is 6.54 Å². The number of carbonyl (C=O) groups is 1. The van der Waals surface area contributed by atoms with Crippen LogP contribution >= 0.6 is 11.6 Å². The quantitative estimate of drug-likeness (QED) is 0.933. The van der Waals surface area contributed by atoms with Gasteiger partial charge in [-0.2, -0.15) is 5.10 Å². The van der Waals surface area contributed by atoms with E-state index in [1.165, 1.54) is 4.68 Å². The molecular weight excluding hydrogens is 264 g/mol. The van der Waals surface area contributed by atoms with Crippen LogP contribution in [0.1, 0.15) is 16.1 Å². The number of carbonyl (C=O) groups excluding carboxylic acids is 1. The lowest BCUT2D eigenvalue weighted by Crippen LogP contribution is -2.27. The summed E-state index contributed by atoms with van der Waals surface area (Å²) in [6.45, 7) is 0.411. The molecular formula is C13H15ClN4O. The van der Waals surface area contributed by atoms with Crippen molar-refractivity contribution in [1.29, 1.82) is 0 Å². The lowest BCUT2D eigenvalue weighted by molar-refractivity contribution is 0.0779. The van der Waals surface area contributed by atoms with Gasteiger partial charge < -0.3 is 10.6 Å². The predicted octanol–water partition coefficient (Wildman–Crippen LogP) is 1.93. The number of benzene rings is 1. The third kappa shape index (κ3) is 2.88. The highest BCUT2D eigenvalue weighted by Gasteiger charge is 2.19. The first-order chi connectivity index (χ1) is 8.99. The summed E-state index contributed by atoms with van der Waals surface area (Å²) >= 11 is 6.07. The third-order valence-corrected chi connectivity index (χ3v) is 3.14. The molecule has 1 aromatic heterocycles. The largest absolute Gasteiger partial charge is 0.396 e. The molecule has 2 aromatic rings. The van der Waals surface area contributed by atoms with E-state index in [1.54, 1.807) is 31.3 Å². The Morgan fingerprint density at radius 2 is 2.16 bits per heavy atom. The molecule has 0 aliphatic heterocycles. The zero-order valence-electron chi connectivity index (χ0n) is 10.8. The van der Waals surface area contributed by atoms with Gasteiger partial charge >= 0.3 is 0 Å². The van der Waals surface area contributed by atoms with Crippen LogP contribution in [0.2, 0.25) is 5.02 Å². The van der Waals surface area contributed by atoms with E-state index in [1.807, 2.05) is 18.2 Å². The highest BCUT2D eigenvalue weighted by molar-refractivity contribution is 6.31. The summed E-state index contributed by atoms with van der Waals surface area (Å²) in [6, 6.07) is 7.41. The molecule has 0 fully saturated rings. The van der Waals surface area contributed by atoms with Gasteiger partial charge in [0.05, 0.1) is 5.69 Å². The second-order valence-corrected chi connectivity index (χ2v) is 4.77. The highest BCUT2D eigenvalue weighted by atomic mass is 35.5. The average Bonchev–Trinajstić information content (AvgIpc) is 2.70. The standard InChI is InChI=1S/C13H15ClN4O/c1-17(7-9-5-3-4-6-10(9)14)13(19)12-11(15)8-18(2)16-12/h3-6,8H,7,15H2,1-2H3. The van der Waals surface area contributed by atoms with Crippen molar-refractivity contribution < 1.29 is 4.79 Å². The van der Waals surface area contributed by atoms with Crippen molar-refractivity contribution in [2.75, 3.05) is 12.8 Å². The Morgan fingerprint density at radius 3 is 2.74 bits per heavy atom. The predicted molar refractivity (Wildman–Crippen MR) is 74.9 cm³/mol. The molecule has 1 heterocycles. The highest BCUT2D eigenvalue weighted by Crippen LogP contribution is 2.18. The summed E-state index contributed by atoms with van der Waals surface area (Å²) in [5.41, 5.74) is 7.27. The fourth-order valence-electron chi connectivity index (χ4n) is 1.81. The third-order valence-electron chi connectivity index (χ3n) is 2.77. The van der Waals surface area contributed by atoms with Crippen LogP contribution in [-0.4, -0.2) is 27.6 Å². The Balaban J connectivity index is 2.16. The van der Waals surface area contributed by atoms with Gasteiger partial charge in [-0.15, -0.1) is 0 Å². The number of rotatable bonds is 3. The molecule has 0 aliphatic carbocycles. The number of aryl methyl sites for hydroxylation is 1. The number of anilines is 1. The number of nitrogens with zero attached hydrogens (tertiary/aromatic N) is 3. The van der Waals surface area contributed by atoms with E-state index >= 15 is 0 Å². The molecule has 5 nitrogen and oxygen atoms in total. The van der Waals surface area contributed by atoms with Gasteiger partial charge in [0.2, 0.25) is 0 Å². The minimum Gasteiger partial charge on any atom is -0.396 e. The van der Waals surface area contributed by atoms with E-state index in [2.05, 4.69) is 5.10 Å². The molecule has 0 atom stereocenters. The summed E-state index contributed by atoms with van der Waals surface area (Å²) in [5, 5.41) is 4.70. The molecule has 0 saturated carbocycles. The molecule has 19 heavy (non-hydrogen) atoms. The number of nitrogens with two attached hydrogens (primary N) is 1. The zero-order valence-corrected chi connectivity index (χ0v) is 11.6. The van der Waals surface area contributed by atoms with Crippen LogP contribution in [0.15, 0.2) is 30.5 Å². The van der Waals surface area contributed by atoms with Crippen LogP contribution in [0.5, 0.6) is 0 Å². The fraction of sp³-hybridized carbons (Fsp3) is 0.231. The van der Waals surface area contributed by atoms with E-state index in [0.717, 1.165) is 5.56 Å². The first-order valence-corrected chi connectivity index (χ1v) is 6.15. The van der Waals surface area contributed by atoms with Crippen molar-refractivity contribution in [3.05, 3.63) is 46.7 Å². The average molecular weight is 279 g/mol. The SMILES string of the molecule is CN(Cc1ccccc1Cl)C(=O)c1nn(C)cc1N. The van der Waals surface area contributed by atoms with Gasteiger partial charge in [-0.05, 0) is 11.6 Å². The van der Waals surface area contributed by atoms with Crippen LogP contribution in [0.3, 0.4) is 0 Å². The molecule has 100 valence electrons. The minimum absolute atomic E-state index is 0.224.